The lowest BCUT2D eigenvalue weighted by Crippen LogP contribution is -2.48. The number of nitrogens with zero attached hydrogens (tertiary/aromatic N) is 3. The predicted octanol–water partition coefficient (Wildman–Crippen LogP) is 2.64. The molecule has 2 aromatic rings. The molecule has 0 saturated carbocycles. The summed E-state index contributed by atoms with van der Waals surface area (Å²) in [5.41, 5.74) is 1.27. The second-order valence-corrected chi connectivity index (χ2v) is 6.61. The van der Waals surface area contributed by atoms with Crippen LogP contribution < -0.4 is 10.1 Å². The molecule has 10 heteroatoms. The second kappa shape index (κ2) is 8.61. The Balaban J connectivity index is 1.40. The molecule has 1 aliphatic rings. The predicted molar refractivity (Wildman–Crippen MR) is 94.7 cm³/mol. The Labute approximate surface area is 160 Å². The van der Waals surface area contributed by atoms with Crippen molar-refractivity contribution in [1.82, 2.24) is 15.0 Å². The number of carbonyl (C=O) groups excluding carboxylic acids is 1. The van der Waals surface area contributed by atoms with Gasteiger partial charge in [0, 0.05) is 37.9 Å². The van der Waals surface area contributed by atoms with E-state index in [1.54, 1.807) is 0 Å². The summed E-state index contributed by atoms with van der Waals surface area (Å²) in [7, 11) is 0. The molecule has 1 fully saturated rings. The lowest BCUT2D eigenvalue weighted by Gasteiger charge is -2.33. The molecule has 0 radical (unpaired) electrons. The van der Waals surface area contributed by atoms with E-state index >= 15 is 0 Å². The number of aryl methyl sites for hydroxylation is 1. The summed E-state index contributed by atoms with van der Waals surface area (Å²) in [6, 6.07) is 6.97. The first-order valence-electron chi connectivity index (χ1n) is 8.79. The van der Waals surface area contributed by atoms with Gasteiger partial charge in [-0.2, -0.15) is 0 Å². The van der Waals surface area contributed by atoms with Crippen LogP contribution in [0.3, 0.4) is 0 Å². The normalized spacial score (nSPS) is 16.1. The molecule has 1 N–H and O–H groups in total. The molecule has 7 nitrogen and oxygen atoms in total. The summed E-state index contributed by atoms with van der Waals surface area (Å²) < 4.78 is 45.5. The molecule has 1 saturated heterocycles. The number of ether oxygens (including phenoxy) is 1. The second-order valence-electron chi connectivity index (χ2n) is 6.61. The average molecular weight is 398 g/mol. The Morgan fingerprint density at radius 2 is 1.82 bits per heavy atom. The van der Waals surface area contributed by atoms with Crippen molar-refractivity contribution in [2.24, 2.45) is 0 Å². The van der Waals surface area contributed by atoms with E-state index < -0.39 is 6.36 Å². The van der Waals surface area contributed by atoms with Crippen molar-refractivity contribution in [3.05, 3.63) is 41.8 Å². The number of nitrogens with one attached hydrogen (secondary N) is 1. The van der Waals surface area contributed by atoms with Crippen molar-refractivity contribution in [3.8, 4) is 5.75 Å². The molecule has 0 spiro atoms. The van der Waals surface area contributed by atoms with Crippen molar-refractivity contribution < 1.29 is 27.2 Å². The Kier molecular flexibility index (Phi) is 6.20. The summed E-state index contributed by atoms with van der Waals surface area (Å²) in [6.07, 6.45) is -4.74. The van der Waals surface area contributed by atoms with Gasteiger partial charge in [0.15, 0.2) is 5.76 Å². The number of halogens is 3. The van der Waals surface area contributed by atoms with Crippen LogP contribution in [0.25, 0.3) is 0 Å². The number of carbonyl (C=O) groups is 1. The minimum Gasteiger partial charge on any atom is -0.406 e. The van der Waals surface area contributed by atoms with E-state index in [1.165, 1.54) is 12.1 Å². The average Bonchev–Trinajstić information content (AvgIpc) is 3.02. The molecule has 28 heavy (non-hydrogen) atoms. The molecule has 1 aromatic heterocycles. The highest BCUT2D eigenvalue weighted by molar-refractivity contribution is 5.92. The standard InChI is InChI=1S/C18H21F3N4O3/c1-13-10-16(28-23-13)11-24-6-8-25(9-7-24)12-17(26)22-14-2-4-15(5-3-14)27-18(19,20)21/h2-5,10H,6-9,11-12H2,1H3,(H,22,26). The molecule has 1 aliphatic heterocycles. The van der Waals surface area contributed by atoms with Crippen molar-refractivity contribution in [3.63, 3.8) is 0 Å². The number of rotatable bonds is 6. The number of piperazine rings is 1. The zero-order valence-electron chi connectivity index (χ0n) is 15.3. The van der Waals surface area contributed by atoms with Gasteiger partial charge in [0.2, 0.25) is 5.91 Å². The third-order valence-electron chi connectivity index (χ3n) is 4.26. The van der Waals surface area contributed by atoms with E-state index in [1.807, 2.05) is 17.9 Å². The van der Waals surface area contributed by atoms with Gasteiger partial charge in [0.05, 0.1) is 18.8 Å². The number of benzene rings is 1. The van der Waals surface area contributed by atoms with Gasteiger partial charge in [-0.05, 0) is 31.2 Å². The number of hydrogen-bond donors (Lipinski definition) is 1. The van der Waals surface area contributed by atoms with Gasteiger partial charge >= 0.3 is 6.36 Å². The topological polar surface area (TPSA) is 70.8 Å². The van der Waals surface area contributed by atoms with Gasteiger partial charge in [0.25, 0.3) is 0 Å². The first-order chi connectivity index (χ1) is 13.3. The molecule has 0 atom stereocenters. The van der Waals surface area contributed by atoms with Crippen molar-refractivity contribution in [2.45, 2.75) is 19.8 Å². The highest BCUT2D eigenvalue weighted by Gasteiger charge is 2.31. The zero-order valence-corrected chi connectivity index (χ0v) is 15.3. The minimum absolute atomic E-state index is 0.218. The number of hydrogen-bond acceptors (Lipinski definition) is 6. The van der Waals surface area contributed by atoms with Crippen LogP contribution in [-0.4, -0.2) is 59.9 Å². The fourth-order valence-electron chi connectivity index (χ4n) is 2.96. The van der Waals surface area contributed by atoms with E-state index in [9.17, 15) is 18.0 Å². The smallest absolute Gasteiger partial charge is 0.406 e. The van der Waals surface area contributed by atoms with Gasteiger partial charge < -0.3 is 14.6 Å². The van der Waals surface area contributed by atoms with E-state index in [2.05, 4.69) is 20.1 Å². The van der Waals surface area contributed by atoms with Crippen molar-refractivity contribution in [1.29, 1.82) is 0 Å². The van der Waals surface area contributed by atoms with Crippen molar-refractivity contribution in [2.75, 3.05) is 38.0 Å². The fraction of sp³-hybridized carbons (Fsp3) is 0.444. The Bertz CT molecular complexity index is 784. The summed E-state index contributed by atoms with van der Waals surface area (Å²) in [6.45, 7) is 5.86. The molecular weight excluding hydrogens is 377 g/mol. The van der Waals surface area contributed by atoms with Gasteiger partial charge in [-0.25, -0.2) is 0 Å². The summed E-state index contributed by atoms with van der Waals surface area (Å²) >= 11 is 0. The SMILES string of the molecule is Cc1cc(CN2CCN(CC(=O)Nc3ccc(OC(F)(F)F)cc3)CC2)on1. The van der Waals surface area contributed by atoms with Crippen LogP contribution in [0, 0.1) is 6.92 Å². The maximum absolute atomic E-state index is 12.2. The first kappa shape index (κ1) is 20.2. The van der Waals surface area contributed by atoms with Crippen LogP contribution >= 0.6 is 0 Å². The molecule has 0 bridgehead atoms. The first-order valence-corrected chi connectivity index (χ1v) is 8.79. The van der Waals surface area contributed by atoms with Crippen LogP contribution in [0.4, 0.5) is 18.9 Å². The minimum atomic E-state index is -4.74. The summed E-state index contributed by atoms with van der Waals surface area (Å²) in [5, 5.41) is 6.55. The lowest BCUT2D eigenvalue weighted by atomic mass is 10.2. The van der Waals surface area contributed by atoms with Crippen molar-refractivity contribution >= 4 is 11.6 Å². The van der Waals surface area contributed by atoms with Gasteiger partial charge in [0.1, 0.15) is 5.75 Å². The van der Waals surface area contributed by atoms with E-state index in [4.69, 9.17) is 4.52 Å². The molecule has 152 valence electrons. The van der Waals surface area contributed by atoms with Crippen LogP contribution in [0.2, 0.25) is 0 Å². The molecule has 2 heterocycles. The third kappa shape index (κ3) is 6.24. The number of anilines is 1. The quantitative estimate of drug-likeness (QED) is 0.807. The van der Waals surface area contributed by atoms with Crippen LogP contribution in [0.15, 0.2) is 34.9 Å². The zero-order chi connectivity index (χ0) is 20.1. The highest BCUT2D eigenvalue weighted by atomic mass is 19.4. The van der Waals surface area contributed by atoms with Crippen LogP contribution in [0.1, 0.15) is 11.5 Å². The molecule has 1 amide bonds. The molecule has 1 aromatic carbocycles. The maximum Gasteiger partial charge on any atom is 0.573 e. The maximum atomic E-state index is 12.2. The van der Waals surface area contributed by atoms with Crippen LogP contribution in [0.5, 0.6) is 5.75 Å². The van der Waals surface area contributed by atoms with Gasteiger partial charge in [-0.15, -0.1) is 13.2 Å². The molecule has 0 aliphatic carbocycles. The van der Waals surface area contributed by atoms with E-state index in [0.29, 0.717) is 12.2 Å². The fourth-order valence-corrected chi connectivity index (χ4v) is 2.96. The lowest BCUT2D eigenvalue weighted by molar-refractivity contribution is -0.274. The Hall–Kier alpha value is -2.59. The van der Waals surface area contributed by atoms with Gasteiger partial charge in [-0.1, -0.05) is 5.16 Å². The Morgan fingerprint density at radius 1 is 1.18 bits per heavy atom. The summed E-state index contributed by atoms with van der Waals surface area (Å²) in [4.78, 5) is 16.4. The third-order valence-corrected chi connectivity index (χ3v) is 4.26. The van der Waals surface area contributed by atoms with Crippen LogP contribution in [-0.2, 0) is 11.3 Å². The highest BCUT2D eigenvalue weighted by Crippen LogP contribution is 2.24. The van der Waals surface area contributed by atoms with E-state index in [-0.39, 0.29) is 18.2 Å². The largest absolute Gasteiger partial charge is 0.573 e. The number of aromatic nitrogens is 1. The number of alkyl halides is 3. The Morgan fingerprint density at radius 3 is 2.39 bits per heavy atom. The molecular formula is C18H21F3N4O3. The number of amides is 1. The molecule has 0 unspecified atom stereocenters. The molecule has 3 rings (SSSR count). The van der Waals surface area contributed by atoms with E-state index in [0.717, 1.165) is 49.8 Å². The summed E-state index contributed by atoms with van der Waals surface area (Å²) in [5.74, 6) is 0.272. The van der Waals surface area contributed by atoms with Gasteiger partial charge in [-0.3, -0.25) is 14.6 Å². The monoisotopic (exact) mass is 398 g/mol.